The number of rotatable bonds is 6. The Labute approximate surface area is 106 Å². The fraction of sp³-hybridized carbons (Fsp3) is 0.333. The molecular weight excluding hydrogens is 232 g/mol. The molecule has 1 aromatic rings. The van der Waals surface area contributed by atoms with E-state index >= 15 is 0 Å². The summed E-state index contributed by atoms with van der Waals surface area (Å²) >= 11 is 0. The molecule has 6 heteroatoms. The van der Waals surface area contributed by atoms with Crippen LogP contribution in [0.4, 0.5) is 0 Å². The van der Waals surface area contributed by atoms with Crippen LogP contribution in [-0.2, 0) is 11.3 Å². The number of likely N-dealkylation sites (N-methyl/N-ethyl adjacent to an activating group) is 1. The normalized spacial score (nSPS) is 11.3. The second kappa shape index (κ2) is 7.29. The summed E-state index contributed by atoms with van der Waals surface area (Å²) in [5.41, 5.74) is 7.10. The third-order valence-electron chi connectivity index (χ3n) is 2.38. The van der Waals surface area contributed by atoms with E-state index in [1.54, 1.807) is 12.1 Å². The van der Waals surface area contributed by atoms with Crippen LogP contribution >= 0.6 is 0 Å². The number of carbonyl (C=O) groups is 1. The van der Waals surface area contributed by atoms with Crippen molar-refractivity contribution in [3.8, 4) is 0 Å². The monoisotopic (exact) mass is 250 g/mol. The molecule has 0 aliphatic rings. The molecule has 5 N–H and O–H groups in total. The zero-order valence-corrected chi connectivity index (χ0v) is 10.3. The number of benzene rings is 1. The Bertz CT molecular complexity index is 432. The lowest BCUT2D eigenvalue weighted by Crippen LogP contribution is -2.33. The van der Waals surface area contributed by atoms with Gasteiger partial charge in [-0.15, -0.1) is 0 Å². The van der Waals surface area contributed by atoms with Crippen molar-refractivity contribution in [1.29, 1.82) is 0 Å². The topological polar surface area (TPSA) is 99.7 Å². The SMILES string of the molecule is CCNC(=O)CNCc1ccccc1C(N)=NO. The van der Waals surface area contributed by atoms with Gasteiger partial charge in [-0.3, -0.25) is 4.79 Å². The van der Waals surface area contributed by atoms with E-state index in [-0.39, 0.29) is 18.3 Å². The van der Waals surface area contributed by atoms with Gasteiger partial charge >= 0.3 is 0 Å². The molecule has 1 aromatic carbocycles. The molecule has 0 aliphatic carbocycles. The average molecular weight is 250 g/mol. The lowest BCUT2D eigenvalue weighted by atomic mass is 10.1. The maximum Gasteiger partial charge on any atom is 0.233 e. The lowest BCUT2D eigenvalue weighted by Gasteiger charge is -2.09. The fourth-order valence-corrected chi connectivity index (χ4v) is 1.55. The maximum atomic E-state index is 11.2. The summed E-state index contributed by atoms with van der Waals surface area (Å²) in [5.74, 6) is 0.00388. The molecule has 0 heterocycles. The van der Waals surface area contributed by atoms with E-state index in [1.165, 1.54) is 0 Å². The van der Waals surface area contributed by atoms with Crippen molar-refractivity contribution in [2.45, 2.75) is 13.5 Å². The second-order valence-corrected chi connectivity index (χ2v) is 3.70. The van der Waals surface area contributed by atoms with Gasteiger partial charge in [0.2, 0.25) is 5.91 Å². The van der Waals surface area contributed by atoms with Gasteiger partial charge in [0.1, 0.15) is 0 Å². The van der Waals surface area contributed by atoms with E-state index in [4.69, 9.17) is 10.9 Å². The Balaban J connectivity index is 2.60. The smallest absolute Gasteiger partial charge is 0.233 e. The van der Waals surface area contributed by atoms with Crippen molar-refractivity contribution in [2.24, 2.45) is 10.9 Å². The second-order valence-electron chi connectivity index (χ2n) is 3.70. The summed E-state index contributed by atoms with van der Waals surface area (Å²) < 4.78 is 0. The third-order valence-corrected chi connectivity index (χ3v) is 2.38. The minimum Gasteiger partial charge on any atom is -0.409 e. The van der Waals surface area contributed by atoms with Crippen LogP contribution in [0.1, 0.15) is 18.1 Å². The summed E-state index contributed by atoms with van der Waals surface area (Å²) in [7, 11) is 0. The molecule has 0 unspecified atom stereocenters. The van der Waals surface area contributed by atoms with Crippen LogP contribution in [0.15, 0.2) is 29.4 Å². The first-order chi connectivity index (χ1) is 8.69. The molecule has 98 valence electrons. The summed E-state index contributed by atoms with van der Waals surface area (Å²) in [6.07, 6.45) is 0. The predicted molar refractivity (Wildman–Crippen MR) is 69.3 cm³/mol. The van der Waals surface area contributed by atoms with E-state index in [2.05, 4.69) is 15.8 Å². The molecule has 0 saturated carbocycles. The molecule has 0 fully saturated rings. The van der Waals surface area contributed by atoms with Gasteiger partial charge in [0.25, 0.3) is 0 Å². The number of hydrogen-bond donors (Lipinski definition) is 4. The Morgan fingerprint density at radius 3 is 2.83 bits per heavy atom. The van der Waals surface area contributed by atoms with Gasteiger partial charge in [-0.1, -0.05) is 29.4 Å². The highest BCUT2D eigenvalue weighted by Gasteiger charge is 2.06. The van der Waals surface area contributed by atoms with Gasteiger partial charge in [0.15, 0.2) is 5.84 Å². The number of hydrogen-bond acceptors (Lipinski definition) is 4. The Morgan fingerprint density at radius 1 is 1.44 bits per heavy atom. The summed E-state index contributed by atoms with van der Waals surface area (Å²) in [4.78, 5) is 11.2. The van der Waals surface area contributed by atoms with Crippen LogP contribution in [0.5, 0.6) is 0 Å². The highest BCUT2D eigenvalue weighted by atomic mass is 16.4. The van der Waals surface area contributed by atoms with Crippen molar-refractivity contribution in [3.63, 3.8) is 0 Å². The van der Waals surface area contributed by atoms with E-state index in [0.717, 1.165) is 5.56 Å². The first-order valence-electron chi connectivity index (χ1n) is 5.72. The minimum absolute atomic E-state index is 0.0567. The number of nitrogens with zero attached hydrogens (tertiary/aromatic N) is 1. The molecule has 0 radical (unpaired) electrons. The molecule has 1 amide bonds. The largest absolute Gasteiger partial charge is 0.409 e. The van der Waals surface area contributed by atoms with E-state index in [0.29, 0.717) is 18.7 Å². The van der Waals surface area contributed by atoms with Crippen LogP contribution in [-0.4, -0.2) is 30.0 Å². The molecule has 0 aromatic heterocycles. The maximum absolute atomic E-state index is 11.2. The average Bonchev–Trinajstić information content (AvgIpc) is 2.39. The van der Waals surface area contributed by atoms with E-state index < -0.39 is 0 Å². The first kappa shape index (κ1) is 14.0. The number of nitrogens with one attached hydrogen (secondary N) is 2. The van der Waals surface area contributed by atoms with Gasteiger partial charge in [-0.2, -0.15) is 0 Å². The molecule has 0 saturated heterocycles. The van der Waals surface area contributed by atoms with Crippen LogP contribution < -0.4 is 16.4 Å². The molecule has 1 rings (SSSR count). The van der Waals surface area contributed by atoms with E-state index in [1.807, 2.05) is 19.1 Å². The first-order valence-corrected chi connectivity index (χ1v) is 5.72. The molecule has 0 atom stereocenters. The molecule has 0 aliphatic heterocycles. The number of amides is 1. The van der Waals surface area contributed by atoms with Crippen molar-refractivity contribution < 1.29 is 10.0 Å². The number of oxime groups is 1. The summed E-state index contributed by atoms with van der Waals surface area (Å²) in [6.45, 7) is 3.19. The van der Waals surface area contributed by atoms with Crippen LogP contribution in [0.3, 0.4) is 0 Å². The Hall–Kier alpha value is -2.08. The third kappa shape index (κ3) is 4.06. The van der Waals surface area contributed by atoms with Gasteiger partial charge in [0.05, 0.1) is 6.54 Å². The van der Waals surface area contributed by atoms with Crippen molar-refractivity contribution in [3.05, 3.63) is 35.4 Å². The van der Waals surface area contributed by atoms with Gasteiger partial charge in [-0.25, -0.2) is 0 Å². The minimum atomic E-state index is -0.0567. The van der Waals surface area contributed by atoms with Crippen molar-refractivity contribution in [2.75, 3.05) is 13.1 Å². The van der Waals surface area contributed by atoms with Crippen molar-refractivity contribution >= 4 is 11.7 Å². The molecule has 18 heavy (non-hydrogen) atoms. The van der Waals surface area contributed by atoms with Gasteiger partial charge in [-0.05, 0) is 12.5 Å². The molecule has 0 bridgehead atoms. The highest BCUT2D eigenvalue weighted by Crippen LogP contribution is 2.07. The van der Waals surface area contributed by atoms with Crippen LogP contribution in [0.25, 0.3) is 0 Å². The van der Waals surface area contributed by atoms with E-state index in [9.17, 15) is 4.79 Å². The highest BCUT2D eigenvalue weighted by molar-refractivity contribution is 5.98. The summed E-state index contributed by atoms with van der Waals surface area (Å²) in [6, 6.07) is 7.29. The van der Waals surface area contributed by atoms with Crippen LogP contribution in [0.2, 0.25) is 0 Å². The summed E-state index contributed by atoms with van der Waals surface area (Å²) in [5, 5.41) is 17.3. The zero-order chi connectivity index (χ0) is 13.4. The number of amidine groups is 1. The van der Waals surface area contributed by atoms with Crippen molar-refractivity contribution in [1.82, 2.24) is 10.6 Å². The lowest BCUT2D eigenvalue weighted by molar-refractivity contribution is -0.120. The Morgan fingerprint density at radius 2 is 2.17 bits per heavy atom. The van der Waals surface area contributed by atoms with Crippen LogP contribution in [0, 0.1) is 0 Å². The number of carbonyl (C=O) groups excluding carboxylic acids is 1. The number of nitrogens with two attached hydrogens (primary N) is 1. The van der Waals surface area contributed by atoms with Gasteiger partial charge in [0, 0.05) is 18.7 Å². The molecule has 0 spiro atoms. The fourth-order valence-electron chi connectivity index (χ4n) is 1.55. The van der Waals surface area contributed by atoms with Gasteiger partial charge < -0.3 is 21.6 Å². The predicted octanol–water partition coefficient (Wildman–Crippen LogP) is 0.00680. The standard InChI is InChI=1S/C12H18N4O2/c1-2-15-11(17)8-14-7-9-5-3-4-6-10(9)12(13)16-18/h3-6,14,18H,2,7-8H2,1H3,(H2,13,16)(H,15,17). The molecular formula is C12H18N4O2. The quantitative estimate of drug-likeness (QED) is 0.247. The Kier molecular flexibility index (Phi) is 5.66. The molecule has 6 nitrogen and oxygen atoms in total. The zero-order valence-electron chi connectivity index (χ0n) is 10.3.